The highest BCUT2D eigenvalue weighted by Gasteiger charge is 2.34. The molecule has 2 heterocycles. The smallest absolute Gasteiger partial charge is 0.255 e. The van der Waals surface area contributed by atoms with Crippen LogP contribution in [0.5, 0.6) is 0 Å². The zero-order chi connectivity index (χ0) is 19.5. The molecule has 1 unspecified atom stereocenters. The first-order valence-corrected chi connectivity index (χ1v) is 10.3. The maximum Gasteiger partial charge on any atom is 0.255 e. The Hall–Kier alpha value is -2.92. The lowest BCUT2D eigenvalue weighted by molar-refractivity contribution is -0.117. The summed E-state index contributed by atoms with van der Waals surface area (Å²) in [6.07, 6.45) is 1.20. The minimum absolute atomic E-state index is 0.00546. The summed E-state index contributed by atoms with van der Waals surface area (Å²) in [7, 11) is 0. The number of nitrogens with zero attached hydrogens (tertiary/aromatic N) is 1. The van der Waals surface area contributed by atoms with E-state index in [4.69, 9.17) is 0 Å². The minimum Gasteiger partial charge on any atom is -0.326 e. The lowest BCUT2D eigenvalue weighted by Crippen LogP contribution is -2.31. The van der Waals surface area contributed by atoms with Crippen LogP contribution in [0.3, 0.4) is 0 Å². The number of fused-ring (bicyclic) bond motifs is 1. The minimum atomic E-state index is -0.269. The van der Waals surface area contributed by atoms with Gasteiger partial charge in [-0.2, -0.15) is 0 Å². The molecular weight excluding hydrogens is 368 g/mol. The van der Waals surface area contributed by atoms with Gasteiger partial charge in [-0.1, -0.05) is 43.3 Å². The van der Waals surface area contributed by atoms with E-state index in [0.29, 0.717) is 6.54 Å². The van der Waals surface area contributed by atoms with Gasteiger partial charge in [0.2, 0.25) is 5.91 Å². The standard InChI is InChI=1S/C23H22N2O2S/c1-2-16-9-11-18(12-10-16)24-22(26)14-20(21-8-5-13-28-21)25-15-17-6-3-4-7-19(17)23(25)27/h3-13,20H,2,14-15H2,1H3,(H,24,26). The average Bonchev–Trinajstić information content (AvgIpc) is 3.36. The van der Waals surface area contributed by atoms with Crippen molar-refractivity contribution in [1.29, 1.82) is 0 Å². The molecule has 2 aromatic carbocycles. The third-order valence-corrected chi connectivity index (χ3v) is 6.10. The summed E-state index contributed by atoms with van der Waals surface area (Å²) in [5.41, 5.74) is 3.77. The Labute approximate surface area is 168 Å². The number of nitrogens with one attached hydrogen (secondary N) is 1. The molecule has 28 heavy (non-hydrogen) atoms. The topological polar surface area (TPSA) is 49.4 Å². The van der Waals surface area contributed by atoms with E-state index in [0.717, 1.165) is 28.1 Å². The number of amides is 2. The molecule has 1 atom stereocenters. The first-order valence-electron chi connectivity index (χ1n) is 9.46. The van der Waals surface area contributed by atoms with Gasteiger partial charge in [0.05, 0.1) is 12.5 Å². The van der Waals surface area contributed by atoms with Gasteiger partial charge in [-0.15, -0.1) is 11.3 Å². The monoisotopic (exact) mass is 390 g/mol. The molecule has 0 bridgehead atoms. The van der Waals surface area contributed by atoms with Crippen LogP contribution in [0.2, 0.25) is 0 Å². The molecule has 5 heteroatoms. The second kappa shape index (κ2) is 7.98. The Morgan fingerprint density at radius 3 is 2.57 bits per heavy atom. The lowest BCUT2D eigenvalue weighted by atomic mass is 10.1. The van der Waals surface area contributed by atoms with Crippen LogP contribution in [0.4, 0.5) is 5.69 Å². The van der Waals surface area contributed by atoms with Crippen LogP contribution in [-0.2, 0) is 17.8 Å². The van der Waals surface area contributed by atoms with Gasteiger partial charge in [-0.05, 0) is 47.2 Å². The summed E-state index contributed by atoms with van der Waals surface area (Å²) in [5, 5.41) is 4.96. The Kier molecular flexibility index (Phi) is 5.26. The van der Waals surface area contributed by atoms with Crippen LogP contribution >= 0.6 is 11.3 Å². The summed E-state index contributed by atoms with van der Waals surface area (Å²) < 4.78 is 0. The number of aryl methyl sites for hydroxylation is 1. The molecule has 0 fully saturated rings. The highest BCUT2D eigenvalue weighted by Crippen LogP contribution is 2.35. The quantitative estimate of drug-likeness (QED) is 0.641. The summed E-state index contributed by atoms with van der Waals surface area (Å²) in [4.78, 5) is 28.5. The van der Waals surface area contributed by atoms with Gasteiger partial charge < -0.3 is 10.2 Å². The molecule has 0 spiro atoms. The van der Waals surface area contributed by atoms with Gasteiger partial charge in [0.25, 0.3) is 5.91 Å². The first-order chi connectivity index (χ1) is 13.7. The number of carbonyl (C=O) groups excluding carboxylic acids is 2. The van der Waals surface area contributed by atoms with Crippen LogP contribution in [0, 0.1) is 0 Å². The van der Waals surface area contributed by atoms with Crippen LogP contribution in [0.15, 0.2) is 66.0 Å². The van der Waals surface area contributed by atoms with Crippen molar-refractivity contribution in [2.45, 2.75) is 32.4 Å². The second-order valence-corrected chi connectivity index (χ2v) is 7.90. The van der Waals surface area contributed by atoms with Gasteiger partial charge in [0.15, 0.2) is 0 Å². The molecule has 0 radical (unpaired) electrons. The SMILES string of the molecule is CCc1ccc(NC(=O)CC(c2cccs2)N2Cc3ccccc3C2=O)cc1. The number of benzene rings is 2. The fourth-order valence-corrected chi connectivity index (χ4v) is 4.42. The van der Waals surface area contributed by atoms with Crippen molar-refractivity contribution in [2.75, 3.05) is 5.32 Å². The number of rotatable bonds is 6. The molecule has 0 saturated heterocycles. The number of hydrogen-bond acceptors (Lipinski definition) is 3. The van der Waals surface area contributed by atoms with Crippen molar-refractivity contribution in [1.82, 2.24) is 4.90 Å². The van der Waals surface area contributed by atoms with E-state index in [-0.39, 0.29) is 24.3 Å². The fraction of sp³-hybridized carbons (Fsp3) is 0.217. The molecule has 1 aromatic heterocycles. The van der Waals surface area contributed by atoms with E-state index in [1.165, 1.54) is 5.56 Å². The Balaban J connectivity index is 1.53. The second-order valence-electron chi connectivity index (χ2n) is 6.92. The highest BCUT2D eigenvalue weighted by atomic mass is 32.1. The van der Waals surface area contributed by atoms with Gasteiger partial charge in [-0.3, -0.25) is 9.59 Å². The maximum atomic E-state index is 12.9. The number of carbonyl (C=O) groups is 2. The predicted octanol–water partition coefficient (Wildman–Crippen LogP) is 5.04. The molecule has 2 amide bonds. The molecule has 142 valence electrons. The third kappa shape index (κ3) is 3.71. The van der Waals surface area contributed by atoms with E-state index in [2.05, 4.69) is 12.2 Å². The van der Waals surface area contributed by atoms with Gasteiger partial charge in [-0.25, -0.2) is 0 Å². The average molecular weight is 391 g/mol. The van der Waals surface area contributed by atoms with E-state index in [1.54, 1.807) is 11.3 Å². The van der Waals surface area contributed by atoms with Gasteiger partial charge in [0, 0.05) is 22.7 Å². The molecule has 4 rings (SSSR count). The predicted molar refractivity (Wildman–Crippen MR) is 112 cm³/mol. The summed E-state index contributed by atoms with van der Waals surface area (Å²) >= 11 is 1.58. The molecule has 1 aliphatic rings. The number of thiophene rings is 1. The van der Waals surface area contributed by atoms with Crippen LogP contribution in [0.25, 0.3) is 0 Å². The van der Waals surface area contributed by atoms with E-state index in [1.807, 2.05) is 70.9 Å². The van der Waals surface area contributed by atoms with Crippen molar-refractivity contribution >= 4 is 28.8 Å². The zero-order valence-electron chi connectivity index (χ0n) is 15.7. The zero-order valence-corrected chi connectivity index (χ0v) is 16.5. The molecule has 1 N–H and O–H groups in total. The maximum absolute atomic E-state index is 12.9. The summed E-state index contributed by atoms with van der Waals surface area (Å²) in [6.45, 7) is 2.64. The fourth-order valence-electron chi connectivity index (χ4n) is 3.59. The van der Waals surface area contributed by atoms with E-state index < -0.39 is 0 Å². The number of hydrogen-bond donors (Lipinski definition) is 1. The molecule has 0 saturated carbocycles. The van der Waals surface area contributed by atoms with Crippen molar-refractivity contribution in [3.8, 4) is 0 Å². The van der Waals surface area contributed by atoms with E-state index >= 15 is 0 Å². The molecule has 1 aliphatic heterocycles. The Morgan fingerprint density at radius 1 is 1.11 bits per heavy atom. The Morgan fingerprint density at radius 2 is 1.89 bits per heavy atom. The molecular formula is C23H22N2O2S. The van der Waals surface area contributed by atoms with Crippen molar-refractivity contribution in [3.05, 3.63) is 87.6 Å². The van der Waals surface area contributed by atoms with Crippen molar-refractivity contribution in [3.63, 3.8) is 0 Å². The molecule has 4 nitrogen and oxygen atoms in total. The van der Waals surface area contributed by atoms with Gasteiger partial charge >= 0.3 is 0 Å². The van der Waals surface area contributed by atoms with Crippen LogP contribution < -0.4 is 5.32 Å². The molecule has 0 aliphatic carbocycles. The first kappa shape index (κ1) is 18.4. The van der Waals surface area contributed by atoms with Gasteiger partial charge in [0.1, 0.15) is 0 Å². The van der Waals surface area contributed by atoms with Crippen LogP contribution in [-0.4, -0.2) is 16.7 Å². The Bertz CT molecular complexity index is 980. The van der Waals surface area contributed by atoms with Crippen molar-refractivity contribution < 1.29 is 9.59 Å². The highest BCUT2D eigenvalue weighted by molar-refractivity contribution is 7.10. The number of anilines is 1. The molecule has 3 aromatic rings. The summed E-state index contributed by atoms with van der Waals surface area (Å²) in [5.74, 6) is -0.0968. The third-order valence-electron chi connectivity index (χ3n) is 5.12. The summed E-state index contributed by atoms with van der Waals surface area (Å²) in [6, 6.07) is 19.2. The van der Waals surface area contributed by atoms with E-state index in [9.17, 15) is 9.59 Å². The van der Waals surface area contributed by atoms with Crippen LogP contribution in [0.1, 0.15) is 45.7 Å². The normalized spacial score (nSPS) is 14.0. The largest absolute Gasteiger partial charge is 0.326 e. The lowest BCUT2D eigenvalue weighted by Gasteiger charge is -2.26. The van der Waals surface area contributed by atoms with Crippen molar-refractivity contribution in [2.24, 2.45) is 0 Å².